The molecule has 0 fully saturated rings. The molecule has 5 nitrogen and oxygen atoms in total. The number of anilines is 1. The van der Waals surface area contributed by atoms with E-state index in [0.717, 1.165) is 5.56 Å². The molecular weight excluding hydrogens is 269 g/mol. The number of nitrogens with two attached hydrogens (primary N) is 1. The van der Waals surface area contributed by atoms with Crippen molar-refractivity contribution in [3.05, 3.63) is 59.4 Å². The summed E-state index contributed by atoms with van der Waals surface area (Å²) in [6.07, 6.45) is 0. The average Bonchev–Trinajstić information content (AvgIpc) is 2.87. The molecular formula is C15H14FN5. The second kappa shape index (κ2) is 5.32. The minimum atomic E-state index is -0.381. The van der Waals surface area contributed by atoms with E-state index in [9.17, 15) is 4.39 Å². The third-order valence-corrected chi connectivity index (χ3v) is 3.20. The number of hydrogen-bond donors (Lipinski definition) is 1. The molecule has 0 aliphatic rings. The van der Waals surface area contributed by atoms with Gasteiger partial charge >= 0.3 is 0 Å². The molecule has 2 aromatic carbocycles. The minimum Gasteiger partial charge on any atom is -0.398 e. The molecule has 2 N–H and O–H groups in total. The van der Waals surface area contributed by atoms with E-state index in [1.807, 2.05) is 25.1 Å². The average molecular weight is 283 g/mol. The van der Waals surface area contributed by atoms with Crippen LogP contribution < -0.4 is 5.73 Å². The van der Waals surface area contributed by atoms with E-state index in [2.05, 4.69) is 21.6 Å². The Labute approximate surface area is 121 Å². The molecule has 3 aromatic rings. The Balaban J connectivity index is 1.97. The SMILES string of the molecule is Cc1cccc(Cn2nnnc2-c2ccc(F)cc2N)c1. The second-order valence-electron chi connectivity index (χ2n) is 4.88. The predicted molar refractivity (Wildman–Crippen MR) is 77.9 cm³/mol. The van der Waals surface area contributed by atoms with Crippen molar-refractivity contribution in [2.75, 3.05) is 5.73 Å². The molecule has 0 amide bonds. The number of hydrogen-bond acceptors (Lipinski definition) is 4. The van der Waals surface area contributed by atoms with Gasteiger partial charge in [0, 0.05) is 11.3 Å². The molecule has 1 aromatic heterocycles. The van der Waals surface area contributed by atoms with Crippen LogP contribution in [0.5, 0.6) is 0 Å². The van der Waals surface area contributed by atoms with Gasteiger partial charge in [0.1, 0.15) is 5.82 Å². The van der Waals surface area contributed by atoms with Crippen LogP contribution in [-0.2, 0) is 6.54 Å². The number of benzene rings is 2. The fourth-order valence-corrected chi connectivity index (χ4v) is 2.22. The van der Waals surface area contributed by atoms with Crippen molar-refractivity contribution in [3.8, 4) is 11.4 Å². The van der Waals surface area contributed by atoms with Gasteiger partial charge in [-0.25, -0.2) is 9.07 Å². The summed E-state index contributed by atoms with van der Waals surface area (Å²) in [4.78, 5) is 0. The van der Waals surface area contributed by atoms with E-state index < -0.39 is 0 Å². The van der Waals surface area contributed by atoms with E-state index in [4.69, 9.17) is 5.73 Å². The van der Waals surface area contributed by atoms with Crippen molar-refractivity contribution < 1.29 is 4.39 Å². The lowest BCUT2D eigenvalue weighted by atomic mass is 10.1. The van der Waals surface area contributed by atoms with Crippen LogP contribution in [0.15, 0.2) is 42.5 Å². The third kappa shape index (κ3) is 2.74. The van der Waals surface area contributed by atoms with Gasteiger partial charge in [0.05, 0.1) is 6.54 Å². The lowest BCUT2D eigenvalue weighted by Gasteiger charge is -2.07. The molecule has 0 bridgehead atoms. The zero-order valence-electron chi connectivity index (χ0n) is 11.5. The molecule has 3 rings (SSSR count). The van der Waals surface area contributed by atoms with Gasteiger partial charge in [0.25, 0.3) is 0 Å². The van der Waals surface area contributed by atoms with Gasteiger partial charge in [0.15, 0.2) is 5.82 Å². The maximum atomic E-state index is 13.1. The Morgan fingerprint density at radius 2 is 2.05 bits per heavy atom. The first-order valence-electron chi connectivity index (χ1n) is 6.50. The van der Waals surface area contributed by atoms with Crippen molar-refractivity contribution in [1.82, 2.24) is 20.2 Å². The van der Waals surface area contributed by atoms with Gasteiger partial charge in [-0.2, -0.15) is 0 Å². The number of halogens is 1. The fraction of sp³-hybridized carbons (Fsp3) is 0.133. The number of tetrazole rings is 1. The van der Waals surface area contributed by atoms with Crippen LogP contribution in [0.3, 0.4) is 0 Å². The zero-order chi connectivity index (χ0) is 14.8. The molecule has 0 saturated carbocycles. The highest BCUT2D eigenvalue weighted by atomic mass is 19.1. The second-order valence-corrected chi connectivity index (χ2v) is 4.88. The van der Waals surface area contributed by atoms with Crippen LogP contribution in [0.1, 0.15) is 11.1 Å². The quantitative estimate of drug-likeness (QED) is 0.749. The predicted octanol–water partition coefficient (Wildman–Crippen LogP) is 2.42. The van der Waals surface area contributed by atoms with Crippen molar-refractivity contribution in [1.29, 1.82) is 0 Å². The van der Waals surface area contributed by atoms with Gasteiger partial charge in [-0.1, -0.05) is 29.8 Å². The Bertz CT molecular complexity index is 781. The largest absolute Gasteiger partial charge is 0.398 e. The van der Waals surface area contributed by atoms with Crippen LogP contribution in [0, 0.1) is 12.7 Å². The van der Waals surface area contributed by atoms with Crippen LogP contribution in [-0.4, -0.2) is 20.2 Å². The van der Waals surface area contributed by atoms with Crippen LogP contribution >= 0.6 is 0 Å². The van der Waals surface area contributed by atoms with Crippen molar-refractivity contribution >= 4 is 5.69 Å². The Kier molecular flexibility index (Phi) is 3.35. The molecule has 106 valence electrons. The smallest absolute Gasteiger partial charge is 0.184 e. The Hall–Kier alpha value is -2.76. The first-order valence-corrected chi connectivity index (χ1v) is 6.50. The molecule has 0 spiro atoms. The number of aromatic nitrogens is 4. The van der Waals surface area contributed by atoms with E-state index in [0.29, 0.717) is 23.6 Å². The standard InChI is InChI=1S/C15H14FN5/c1-10-3-2-4-11(7-10)9-21-15(18-19-20-21)13-6-5-12(16)8-14(13)17/h2-8H,9,17H2,1H3. The van der Waals surface area contributed by atoms with Gasteiger partial charge in [0.2, 0.25) is 0 Å². The monoisotopic (exact) mass is 283 g/mol. The molecule has 6 heteroatoms. The van der Waals surface area contributed by atoms with Crippen molar-refractivity contribution in [3.63, 3.8) is 0 Å². The Morgan fingerprint density at radius 3 is 2.81 bits per heavy atom. The highest BCUT2D eigenvalue weighted by molar-refractivity contribution is 5.71. The highest BCUT2D eigenvalue weighted by Crippen LogP contribution is 2.24. The van der Waals surface area contributed by atoms with Crippen LogP contribution in [0.25, 0.3) is 11.4 Å². The van der Waals surface area contributed by atoms with Gasteiger partial charge in [-0.3, -0.25) is 0 Å². The lowest BCUT2D eigenvalue weighted by molar-refractivity contribution is 0.628. The van der Waals surface area contributed by atoms with E-state index in [1.54, 1.807) is 10.7 Å². The molecule has 0 aliphatic heterocycles. The van der Waals surface area contributed by atoms with Gasteiger partial charge in [-0.05, 0) is 41.1 Å². The summed E-state index contributed by atoms with van der Waals surface area (Å²) in [6.45, 7) is 2.56. The molecule has 0 radical (unpaired) electrons. The normalized spacial score (nSPS) is 10.8. The molecule has 21 heavy (non-hydrogen) atoms. The van der Waals surface area contributed by atoms with E-state index in [1.165, 1.54) is 17.7 Å². The van der Waals surface area contributed by atoms with Crippen LogP contribution in [0.2, 0.25) is 0 Å². The maximum absolute atomic E-state index is 13.1. The van der Waals surface area contributed by atoms with E-state index >= 15 is 0 Å². The summed E-state index contributed by atoms with van der Waals surface area (Å²) >= 11 is 0. The third-order valence-electron chi connectivity index (χ3n) is 3.20. The number of rotatable bonds is 3. The first-order chi connectivity index (χ1) is 10.1. The summed E-state index contributed by atoms with van der Waals surface area (Å²) in [6, 6.07) is 12.3. The zero-order valence-corrected chi connectivity index (χ0v) is 11.5. The number of aryl methyl sites for hydroxylation is 1. The molecule has 0 unspecified atom stereocenters. The summed E-state index contributed by atoms with van der Waals surface area (Å²) < 4.78 is 14.8. The molecule has 0 atom stereocenters. The summed E-state index contributed by atoms with van der Waals surface area (Å²) in [5, 5.41) is 11.7. The maximum Gasteiger partial charge on any atom is 0.184 e. The molecule has 0 aliphatic carbocycles. The lowest BCUT2D eigenvalue weighted by Crippen LogP contribution is -2.06. The minimum absolute atomic E-state index is 0.315. The van der Waals surface area contributed by atoms with E-state index in [-0.39, 0.29) is 5.82 Å². The number of nitrogen functional groups attached to an aromatic ring is 1. The first kappa shape index (κ1) is 13.2. The van der Waals surface area contributed by atoms with Crippen molar-refractivity contribution in [2.45, 2.75) is 13.5 Å². The molecule has 1 heterocycles. The summed E-state index contributed by atoms with van der Waals surface area (Å²) in [7, 11) is 0. The highest BCUT2D eigenvalue weighted by Gasteiger charge is 2.13. The number of nitrogens with zero attached hydrogens (tertiary/aromatic N) is 4. The van der Waals surface area contributed by atoms with Gasteiger partial charge < -0.3 is 5.73 Å². The topological polar surface area (TPSA) is 69.6 Å². The molecule has 0 saturated heterocycles. The van der Waals surface area contributed by atoms with Crippen molar-refractivity contribution in [2.24, 2.45) is 0 Å². The Morgan fingerprint density at radius 1 is 1.19 bits per heavy atom. The van der Waals surface area contributed by atoms with Gasteiger partial charge in [-0.15, -0.1) is 5.10 Å². The summed E-state index contributed by atoms with van der Waals surface area (Å²) in [5.74, 6) is 0.142. The van der Waals surface area contributed by atoms with Crippen LogP contribution in [0.4, 0.5) is 10.1 Å². The summed E-state index contributed by atoms with van der Waals surface area (Å²) in [5.41, 5.74) is 9.04. The fourth-order valence-electron chi connectivity index (χ4n) is 2.22.